The lowest BCUT2D eigenvalue weighted by atomic mass is 9.99. The maximum atomic E-state index is 6.25. The number of benzene rings is 1. The summed E-state index contributed by atoms with van der Waals surface area (Å²) in [7, 11) is 1.69. The van der Waals surface area contributed by atoms with Gasteiger partial charge in [0, 0.05) is 10.5 Å². The van der Waals surface area contributed by atoms with E-state index in [4.69, 9.17) is 15.2 Å². The van der Waals surface area contributed by atoms with Crippen molar-refractivity contribution in [2.24, 2.45) is 5.73 Å². The van der Waals surface area contributed by atoms with Crippen LogP contribution in [0.3, 0.4) is 0 Å². The van der Waals surface area contributed by atoms with Crippen LogP contribution in [0.1, 0.15) is 25.3 Å². The van der Waals surface area contributed by atoms with E-state index in [1.54, 1.807) is 7.11 Å². The van der Waals surface area contributed by atoms with Gasteiger partial charge in [-0.15, -0.1) is 0 Å². The lowest BCUT2D eigenvalue weighted by molar-refractivity contribution is 0.0403. The molecule has 1 aliphatic rings. The van der Waals surface area contributed by atoms with Gasteiger partial charge < -0.3 is 15.2 Å². The van der Waals surface area contributed by atoms with Crippen molar-refractivity contribution in [3.05, 3.63) is 28.2 Å². The summed E-state index contributed by atoms with van der Waals surface area (Å²) >= 11 is 3.48. The van der Waals surface area contributed by atoms with Crippen LogP contribution in [0.5, 0.6) is 5.75 Å². The van der Waals surface area contributed by atoms with Crippen molar-refractivity contribution < 1.29 is 9.47 Å². The minimum Gasteiger partial charge on any atom is -0.496 e. The van der Waals surface area contributed by atoms with Gasteiger partial charge in [-0.2, -0.15) is 0 Å². The molecule has 3 atom stereocenters. The zero-order valence-corrected chi connectivity index (χ0v) is 12.4. The van der Waals surface area contributed by atoms with Gasteiger partial charge in [-0.05, 0) is 49.9 Å². The Labute approximate surface area is 117 Å². The fraction of sp³-hybridized carbons (Fsp3) is 0.571. The molecule has 4 heteroatoms. The molecule has 0 bridgehead atoms. The van der Waals surface area contributed by atoms with Crippen LogP contribution in [0.4, 0.5) is 0 Å². The number of hydrogen-bond acceptors (Lipinski definition) is 3. The van der Waals surface area contributed by atoms with Gasteiger partial charge >= 0.3 is 0 Å². The monoisotopic (exact) mass is 313 g/mol. The summed E-state index contributed by atoms with van der Waals surface area (Å²) in [6.45, 7) is 2.10. The van der Waals surface area contributed by atoms with E-state index in [1.165, 1.54) is 0 Å². The van der Waals surface area contributed by atoms with Crippen LogP contribution in [-0.4, -0.2) is 25.4 Å². The first kappa shape index (κ1) is 13.8. The van der Waals surface area contributed by atoms with Crippen LogP contribution in [0, 0.1) is 0 Å². The van der Waals surface area contributed by atoms with Gasteiger partial charge in [0.1, 0.15) is 5.75 Å². The third kappa shape index (κ3) is 3.25. The van der Waals surface area contributed by atoms with Crippen molar-refractivity contribution in [2.75, 3.05) is 7.11 Å². The molecule has 0 amide bonds. The Hall–Kier alpha value is -0.580. The van der Waals surface area contributed by atoms with Crippen LogP contribution < -0.4 is 10.5 Å². The molecule has 0 radical (unpaired) electrons. The zero-order valence-electron chi connectivity index (χ0n) is 10.9. The topological polar surface area (TPSA) is 44.5 Å². The van der Waals surface area contributed by atoms with E-state index < -0.39 is 0 Å². The Morgan fingerprint density at radius 1 is 1.50 bits per heavy atom. The number of hydrogen-bond donors (Lipinski definition) is 1. The zero-order chi connectivity index (χ0) is 13.1. The highest BCUT2D eigenvalue weighted by Crippen LogP contribution is 2.27. The van der Waals surface area contributed by atoms with E-state index >= 15 is 0 Å². The SMILES string of the molecule is COc1ccc(Br)cc1CC(N)C1CCC(C)O1. The van der Waals surface area contributed by atoms with Crippen molar-refractivity contribution in [2.45, 2.75) is 44.4 Å². The largest absolute Gasteiger partial charge is 0.496 e. The molecule has 1 aromatic carbocycles. The average molecular weight is 314 g/mol. The summed E-state index contributed by atoms with van der Waals surface area (Å²) in [5.74, 6) is 0.889. The molecule has 1 aliphatic heterocycles. The van der Waals surface area contributed by atoms with E-state index in [1.807, 2.05) is 12.1 Å². The molecule has 1 heterocycles. The Morgan fingerprint density at radius 3 is 2.89 bits per heavy atom. The maximum Gasteiger partial charge on any atom is 0.122 e. The van der Waals surface area contributed by atoms with Crippen LogP contribution in [0.15, 0.2) is 22.7 Å². The van der Waals surface area contributed by atoms with Gasteiger partial charge in [-0.3, -0.25) is 0 Å². The van der Waals surface area contributed by atoms with E-state index in [-0.39, 0.29) is 12.1 Å². The van der Waals surface area contributed by atoms with Crippen molar-refractivity contribution >= 4 is 15.9 Å². The fourth-order valence-electron chi connectivity index (χ4n) is 2.44. The summed E-state index contributed by atoms with van der Waals surface area (Å²) in [5.41, 5.74) is 7.38. The minimum atomic E-state index is 0.0261. The fourth-order valence-corrected chi connectivity index (χ4v) is 2.85. The van der Waals surface area contributed by atoms with Crippen LogP contribution in [0.2, 0.25) is 0 Å². The third-order valence-corrected chi connectivity index (χ3v) is 3.93. The first-order valence-corrected chi connectivity index (χ1v) is 7.13. The first-order chi connectivity index (χ1) is 8.60. The van der Waals surface area contributed by atoms with Crippen molar-refractivity contribution in [1.82, 2.24) is 0 Å². The second kappa shape index (κ2) is 6.04. The number of ether oxygens (including phenoxy) is 2. The maximum absolute atomic E-state index is 6.25. The lowest BCUT2D eigenvalue weighted by Crippen LogP contribution is -2.36. The Balaban J connectivity index is 2.06. The van der Waals surface area contributed by atoms with Crippen LogP contribution in [-0.2, 0) is 11.2 Å². The predicted octanol–water partition coefficient (Wildman–Crippen LogP) is 2.90. The van der Waals surface area contributed by atoms with Gasteiger partial charge in [0.2, 0.25) is 0 Å². The number of rotatable bonds is 4. The second-order valence-electron chi connectivity index (χ2n) is 4.89. The lowest BCUT2D eigenvalue weighted by Gasteiger charge is -2.20. The van der Waals surface area contributed by atoms with Crippen molar-refractivity contribution in [1.29, 1.82) is 0 Å². The van der Waals surface area contributed by atoms with E-state index in [0.717, 1.165) is 35.0 Å². The molecule has 2 rings (SSSR count). The highest BCUT2D eigenvalue weighted by molar-refractivity contribution is 9.10. The van der Waals surface area contributed by atoms with Crippen LogP contribution in [0.25, 0.3) is 0 Å². The molecule has 1 fully saturated rings. The Kier molecular flexibility index (Phi) is 4.65. The van der Waals surface area contributed by atoms with E-state index in [9.17, 15) is 0 Å². The molecular weight excluding hydrogens is 294 g/mol. The molecule has 0 saturated carbocycles. The molecule has 2 N–H and O–H groups in total. The van der Waals surface area contributed by atoms with Crippen LogP contribution >= 0.6 is 15.9 Å². The summed E-state index contributed by atoms with van der Waals surface area (Å²) < 4.78 is 12.2. The second-order valence-corrected chi connectivity index (χ2v) is 5.80. The molecule has 18 heavy (non-hydrogen) atoms. The number of methoxy groups -OCH3 is 1. The highest BCUT2D eigenvalue weighted by Gasteiger charge is 2.27. The standard InChI is InChI=1S/C14H20BrNO2/c1-9-3-5-14(18-9)12(16)8-10-7-11(15)4-6-13(10)17-2/h4,6-7,9,12,14H,3,5,8,16H2,1-2H3. The Bertz CT molecular complexity index is 411. The molecule has 3 unspecified atom stereocenters. The van der Waals surface area contributed by atoms with Gasteiger partial charge in [0.25, 0.3) is 0 Å². The van der Waals surface area contributed by atoms with Crippen molar-refractivity contribution in [3.63, 3.8) is 0 Å². The first-order valence-electron chi connectivity index (χ1n) is 6.33. The number of nitrogens with two attached hydrogens (primary N) is 1. The van der Waals surface area contributed by atoms with Gasteiger partial charge in [0.15, 0.2) is 0 Å². The highest BCUT2D eigenvalue weighted by atomic mass is 79.9. The molecule has 3 nitrogen and oxygen atoms in total. The molecule has 100 valence electrons. The molecule has 1 saturated heterocycles. The third-order valence-electron chi connectivity index (χ3n) is 3.44. The Morgan fingerprint density at radius 2 is 2.28 bits per heavy atom. The molecular formula is C14H20BrNO2. The average Bonchev–Trinajstić information content (AvgIpc) is 2.76. The smallest absolute Gasteiger partial charge is 0.122 e. The van der Waals surface area contributed by atoms with Gasteiger partial charge in [-0.1, -0.05) is 15.9 Å². The van der Waals surface area contributed by atoms with Crippen molar-refractivity contribution in [3.8, 4) is 5.75 Å². The van der Waals surface area contributed by atoms with E-state index in [2.05, 4.69) is 28.9 Å². The summed E-state index contributed by atoms with van der Waals surface area (Å²) in [5, 5.41) is 0. The van der Waals surface area contributed by atoms with E-state index in [0.29, 0.717) is 6.10 Å². The minimum absolute atomic E-state index is 0.0261. The molecule has 0 spiro atoms. The summed E-state index contributed by atoms with van der Waals surface area (Å²) in [6, 6.07) is 6.03. The molecule has 1 aromatic rings. The molecule has 0 aromatic heterocycles. The normalized spacial score (nSPS) is 25.1. The number of halogens is 1. The quantitative estimate of drug-likeness (QED) is 0.929. The summed E-state index contributed by atoms with van der Waals surface area (Å²) in [6.07, 6.45) is 3.45. The van der Waals surface area contributed by atoms with Gasteiger partial charge in [-0.25, -0.2) is 0 Å². The molecule has 0 aliphatic carbocycles. The van der Waals surface area contributed by atoms with Gasteiger partial charge in [0.05, 0.1) is 19.3 Å². The predicted molar refractivity (Wildman–Crippen MR) is 75.9 cm³/mol. The summed E-state index contributed by atoms with van der Waals surface area (Å²) in [4.78, 5) is 0.